The van der Waals surface area contributed by atoms with Gasteiger partial charge in [0.25, 0.3) is 0 Å². The number of aromatic nitrogens is 5. The Morgan fingerprint density at radius 3 is 2.81 bits per heavy atom. The van der Waals surface area contributed by atoms with Crippen molar-refractivity contribution in [2.24, 2.45) is 0 Å². The van der Waals surface area contributed by atoms with Crippen LogP contribution in [0.15, 0.2) is 68.9 Å². The molecule has 9 heteroatoms. The van der Waals surface area contributed by atoms with Gasteiger partial charge in [-0.3, -0.25) is 4.57 Å². The van der Waals surface area contributed by atoms with E-state index in [1.165, 1.54) is 11.8 Å². The van der Waals surface area contributed by atoms with E-state index < -0.39 is 0 Å². The fourth-order valence-electron chi connectivity index (χ4n) is 2.31. The van der Waals surface area contributed by atoms with Crippen LogP contribution in [0.5, 0.6) is 0 Å². The number of halogens is 2. The third-order valence-corrected chi connectivity index (χ3v) is 5.35. The van der Waals surface area contributed by atoms with E-state index >= 15 is 0 Å². The van der Waals surface area contributed by atoms with Gasteiger partial charge in [0, 0.05) is 9.50 Å². The zero-order valence-corrected chi connectivity index (χ0v) is 16.4. The Kier molecular flexibility index (Phi) is 5.05. The number of nitrogens with zero attached hydrogens (tertiary/aromatic N) is 5. The van der Waals surface area contributed by atoms with Crippen molar-refractivity contribution in [2.45, 2.75) is 10.9 Å². The van der Waals surface area contributed by atoms with Gasteiger partial charge in [0.1, 0.15) is 6.33 Å². The predicted molar refractivity (Wildman–Crippen MR) is 103 cm³/mol. The molecule has 2 heterocycles. The first-order valence-corrected chi connectivity index (χ1v) is 9.72. The van der Waals surface area contributed by atoms with Gasteiger partial charge in [-0.25, -0.2) is 0 Å². The first-order valence-electron chi connectivity index (χ1n) is 7.57. The molecule has 0 fully saturated rings. The van der Waals surface area contributed by atoms with Gasteiger partial charge in [-0.2, -0.15) is 0 Å². The molecule has 0 N–H and O–H groups in total. The molecule has 0 bridgehead atoms. The summed E-state index contributed by atoms with van der Waals surface area (Å²) in [5, 5.41) is 17.7. The van der Waals surface area contributed by atoms with Gasteiger partial charge in [0.05, 0.1) is 17.0 Å². The summed E-state index contributed by atoms with van der Waals surface area (Å²) in [6, 6.07) is 15.2. The van der Waals surface area contributed by atoms with Gasteiger partial charge in [0.2, 0.25) is 11.8 Å². The fourth-order valence-corrected chi connectivity index (χ4v) is 3.71. The highest BCUT2D eigenvalue weighted by atomic mass is 79.9. The van der Waals surface area contributed by atoms with Crippen molar-refractivity contribution in [3.8, 4) is 17.1 Å². The lowest BCUT2D eigenvalue weighted by molar-refractivity contribution is 0.528. The van der Waals surface area contributed by atoms with E-state index in [0.29, 0.717) is 27.7 Å². The van der Waals surface area contributed by atoms with Crippen molar-refractivity contribution in [1.82, 2.24) is 25.0 Å². The third kappa shape index (κ3) is 3.67. The molecule has 130 valence electrons. The maximum absolute atomic E-state index is 6.06. The lowest BCUT2D eigenvalue weighted by Gasteiger charge is -2.05. The number of hydrogen-bond donors (Lipinski definition) is 0. The topological polar surface area (TPSA) is 69.6 Å². The summed E-state index contributed by atoms with van der Waals surface area (Å²) >= 11 is 11.0. The van der Waals surface area contributed by atoms with Gasteiger partial charge in [-0.15, -0.1) is 20.4 Å². The normalized spacial score (nSPS) is 11.0. The third-order valence-electron chi connectivity index (χ3n) is 3.50. The molecule has 26 heavy (non-hydrogen) atoms. The van der Waals surface area contributed by atoms with E-state index in [-0.39, 0.29) is 0 Å². The molecule has 4 rings (SSSR count). The second-order valence-electron chi connectivity index (χ2n) is 5.23. The van der Waals surface area contributed by atoms with Crippen molar-refractivity contribution in [3.63, 3.8) is 0 Å². The van der Waals surface area contributed by atoms with E-state index in [2.05, 4.69) is 36.3 Å². The van der Waals surface area contributed by atoms with E-state index in [0.717, 1.165) is 15.7 Å². The van der Waals surface area contributed by atoms with Crippen LogP contribution in [0.25, 0.3) is 17.1 Å². The smallest absolute Gasteiger partial charge is 0.248 e. The highest BCUT2D eigenvalue weighted by Gasteiger charge is 2.13. The van der Waals surface area contributed by atoms with Crippen LogP contribution in [0.1, 0.15) is 5.89 Å². The number of rotatable bonds is 5. The summed E-state index contributed by atoms with van der Waals surface area (Å²) in [6.07, 6.45) is 1.65. The molecule has 0 atom stereocenters. The molecular weight excluding hydrogens is 438 g/mol. The van der Waals surface area contributed by atoms with Crippen molar-refractivity contribution < 1.29 is 4.42 Å². The summed E-state index contributed by atoms with van der Waals surface area (Å²) < 4.78 is 8.53. The van der Waals surface area contributed by atoms with Crippen LogP contribution in [-0.4, -0.2) is 25.0 Å². The molecule has 0 saturated heterocycles. The van der Waals surface area contributed by atoms with E-state index in [1.807, 2.05) is 53.1 Å². The van der Waals surface area contributed by atoms with Crippen molar-refractivity contribution >= 4 is 39.3 Å². The SMILES string of the molecule is Clc1cccc(-n2cnnc2SCc2nnc(-c3ccccc3Br)o2)c1. The Morgan fingerprint density at radius 2 is 1.96 bits per heavy atom. The Bertz CT molecular complexity index is 1050. The van der Waals surface area contributed by atoms with Crippen molar-refractivity contribution in [3.05, 3.63) is 70.2 Å². The molecule has 0 radical (unpaired) electrons. The average molecular weight is 449 g/mol. The van der Waals surface area contributed by atoms with Gasteiger partial charge >= 0.3 is 0 Å². The van der Waals surface area contributed by atoms with Crippen LogP contribution in [0, 0.1) is 0 Å². The molecule has 0 unspecified atom stereocenters. The molecule has 2 aromatic heterocycles. The van der Waals surface area contributed by atoms with Crippen LogP contribution in [0.2, 0.25) is 5.02 Å². The van der Waals surface area contributed by atoms with Crippen molar-refractivity contribution in [1.29, 1.82) is 0 Å². The van der Waals surface area contributed by atoms with Crippen LogP contribution in [-0.2, 0) is 5.75 Å². The quantitative estimate of drug-likeness (QED) is 0.399. The number of benzene rings is 2. The lowest BCUT2D eigenvalue weighted by Crippen LogP contribution is -1.95. The molecule has 2 aromatic carbocycles. The van der Waals surface area contributed by atoms with Crippen LogP contribution >= 0.6 is 39.3 Å². The maximum Gasteiger partial charge on any atom is 0.248 e. The van der Waals surface area contributed by atoms with Crippen molar-refractivity contribution in [2.75, 3.05) is 0 Å². The Balaban J connectivity index is 1.51. The maximum atomic E-state index is 6.06. The van der Waals surface area contributed by atoms with Crippen LogP contribution in [0.3, 0.4) is 0 Å². The van der Waals surface area contributed by atoms with Gasteiger partial charge in [-0.1, -0.05) is 41.6 Å². The highest BCUT2D eigenvalue weighted by Crippen LogP contribution is 2.29. The molecule has 4 aromatic rings. The minimum absolute atomic E-state index is 0.476. The van der Waals surface area contributed by atoms with Gasteiger partial charge < -0.3 is 4.42 Å². The minimum atomic E-state index is 0.476. The molecule has 0 aliphatic heterocycles. The van der Waals surface area contributed by atoms with Gasteiger partial charge in [0.15, 0.2) is 5.16 Å². The molecule has 0 aliphatic rings. The van der Waals surface area contributed by atoms with Crippen LogP contribution in [0.4, 0.5) is 0 Å². The van der Waals surface area contributed by atoms with E-state index in [9.17, 15) is 0 Å². The molecule has 0 aliphatic carbocycles. The number of hydrogen-bond acceptors (Lipinski definition) is 6. The second-order valence-corrected chi connectivity index (χ2v) is 7.47. The largest absolute Gasteiger partial charge is 0.420 e. The van der Waals surface area contributed by atoms with E-state index in [1.54, 1.807) is 6.33 Å². The Hall–Kier alpha value is -2.16. The van der Waals surface area contributed by atoms with Gasteiger partial charge in [-0.05, 0) is 46.3 Å². The first-order chi connectivity index (χ1) is 12.7. The van der Waals surface area contributed by atoms with E-state index in [4.69, 9.17) is 16.0 Å². The summed E-state index contributed by atoms with van der Waals surface area (Å²) in [4.78, 5) is 0. The summed E-state index contributed by atoms with van der Waals surface area (Å²) in [5.41, 5.74) is 1.75. The zero-order chi connectivity index (χ0) is 17.9. The Morgan fingerprint density at radius 1 is 1.08 bits per heavy atom. The molecule has 0 amide bonds. The molecule has 0 spiro atoms. The average Bonchev–Trinajstić information content (AvgIpc) is 3.30. The summed E-state index contributed by atoms with van der Waals surface area (Å²) in [5.74, 6) is 1.47. The molecule has 6 nitrogen and oxygen atoms in total. The zero-order valence-electron chi connectivity index (χ0n) is 13.2. The molecular formula is C17H11BrClN5OS. The predicted octanol–water partition coefficient (Wildman–Crippen LogP) is 5.03. The molecule has 0 saturated carbocycles. The number of thioether (sulfide) groups is 1. The minimum Gasteiger partial charge on any atom is -0.420 e. The van der Waals surface area contributed by atoms with Crippen LogP contribution < -0.4 is 0 Å². The Labute approximate surface area is 166 Å². The monoisotopic (exact) mass is 447 g/mol. The first kappa shape index (κ1) is 17.3. The summed E-state index contributed by atoms with van der Waals surface area (Å²) in [7, 11) is 0. The lowest BCUT2D eigenvalue weighted by atomic mass is 10.2. The second kappa shape index (κ2) is 7.61. The fraction of sp³-hybridized carbons (Fsp3) is 0.0588. The highest BCUT2D eigenvalue weighted by molar-refractivity contribution is 9.10. The summed E-state index contributed by atoms with van der Waals surface area (Å²) in [6.45, 7) is 0. The standard InChI is InChI=1S/C17H11BrClN5OS/c18-14-7-2-1-6-13(14)16-22-21-15(25-16)9-26-17-23-20-10-24(17)12-5-3-4-11(19)8-12/h1-8,10H,9H2.